The highest BCUT2D eigenvalue weighted by Gasteiger charge is 2.10. The second-order valence-electron chi connectivity index (χ2n) is 4.72. The first-order valence-electron chi connectivity index (χ1n) is 7.09. The quantitative estimate of drug-likeness (QED) is 0.793. The minimum atomic E-state index is 0.566. The van der Waals surface area contributed by atoms with E-state index >= 15 is 0 Å². The zero-order valence-corrected chi connectivity index (χ0v) is 14.2. The van der Waals surface area contributed by atoms with Gasteiger partial charge in [0.2, 0.25) is 0 Å². The van der Waals surface area contributed by atoms with E-state index in [9.17, 15) is 0 Å². The molecule has 0 aliphatic heterocycles. The maximum Gasteiger partial charge on any atom is 0.162 e. The van der Waals surface area contributed by atoms with E-state index in [4.69, 9.17) is 32.7 Å². The van der Waals surface area contributed by atoms with Gasteiger partial charge in [-0.15, -0.1) is 0 Å². The van der Waals surface area contributed by atoms with Crippen LogP contribution in [0.25, 0.3) is 0 Å². The van der Waals surface area contributed by atoms with Crippen LogP contribution in [-0.2, 0) is 13.1 Å². The molecular formula is C17H19Cl2NO2. The van der Waals surface area contributed by atoms with Gasteiger partial charge in [0.25, 0.3) is 0 Å². The summed E-state index contributed by atoms with van der Waals surface area (Å²) < 4.78 is 10.9. The van der Waals surface area contributed by atoms with Crippen molar-refractivity contribution in [1.29, 1.82) is 0 Å². The highest BCUT2D eigenvalue weighted by Crippen LogP contribution is 2.33. The molecule has 3 nitrogen and oxygen atoms in total. The molecule has 1 N–H and O–H groups in total. The zero-order chi connectivity index (χ0) is 15.9. The number of ether oxygens (including phenoxy) is 2. The Morgan fingerprint density at radius 3 is 2.36 bits per heavy atom. The van der Waals surface area contributed by atoms with Crippen LogP contribution in [-0.4, -0.2) is 13.7 Å². The molecular weight excluding hydrogens is 321 g/mol. The lowest BCUT2D eigenvalue weighted by molar-refractivity contribution is 0.310. The molecule has 2 aromatic carbocycles. The van der Waals surface area contributed by atoms with Crippen molar-refractivity contribution in [3.05, 3.63) is 57.6 Å². The average Bonchev–Trinajstić information content (AvgIpc) is 2.51. The first-order chi connectivity index (χ1) is 10.7. The molecule has 0 spiro atoms. The molecule has 2 rings (SSSR count). The van der Waals surface area contributed by atoms with Gasteiger partial charge in [-0.1, -0.05) is 41.4 Å². The number of hydrogen-bond donors (Lipinski definition) is 1. The number of hydrogen-bond acceptors (Lipinski definition) is 3. The fraction of sp³-hybridized carbons (Fsp3) is 0.294. The lowest BCUT2D eigenvalue weighted by Gasteiger charge is -2.13. The van der Waals surface area contributed by atoms with Gasteiger partial charge in [-0.2, -0.15) is 0 Å². The molecule has 0 radical (unpaired) electrons. The lowest BCUT2D eigenvalue weighted by atomic mass is 10.1. The summed E-state index contributed by atoms with van der Waals surface area (Å²) in [7, 11) is 1.62. The predicted octanol–water partition coefficient (Wildman–Crippen LogP) is 4.69. The molecule has 0 fully saturated rings. The topological polar surface area (TPSA) is 30.5 Å². The number of halogens is 2. The van der Waals surface area contributed by atoms with Gasteiger partial charge in [0.15, 0.2) is 11.5 Å². The van der Waals surface area contributed by atoms with E-state index in [0.29, 0.717) is 36.2 Å². The van der Waals surface area contributed by atoms with Gasteiger partial charge >= 0.3 is 0 Å². The average molecular weight is 340 g/mol. The zero-order valence-electron chi connectivity index (χ0n) is 12.7. The molecule has 0 aromatic heterocycles. The fourth-order valence-electron chi connectivity index (χ4n) is 2.11. The second kappa shape index (κ2) is 8.28. The van der Waals surface area contributed by atoms with E-state index in [1.165, 1.54) is 0 Å². The molecule has 0 aliphatic rings. The van der Waals surface area contributed by atoms with E-state index < -0.39 is 0 Å². The van der Waals surface area contributed by atoms with Crippen molar-refractivity contribution in [2.24, 2.45) is 0 Å². The van der Waals surface area contributed by atoms with Crippen LogP contribution in [0.3, 0.4) is 0 Å². The van der Waals surface area contributed by atoms with E-state index in [2.05, 4.69) is 5.32 Å². The van der Waals surface area contributed by atoms with Crippen molar-refractivity contribution in [2.75, 3.05) is 13.7 Å². The molecule has 0 aliphatic carbocycles. The van der Waals surface area contributed by atoms with Crippen LogP contribution in [0.1, 0.15) is 18.1 Å². The summed E-state index contributed by atoms with van der Waals surface area (Å²) in [4.78, 5) is 0. The Bertz CT molecular complexity index is 632. The Hall–Kier alpha value is -1.42. The molecule has 0 amide bonds. The summed E-state index contributed by atoms with van der Waals surface area (Å²) in [6, 6.07) is 11.4. The van der Waals surface area contributed by atoms with Gasteiger partial charge < -0.3 is 14.8 Å². The molecule has 0 atom stereocenters. The van der Waals surface area contributed by atoms with E-state index in [0.717, 1.165) is 16.1 Å². The number of methoxy groups -OCH3 is 1. The fourth-order valence-corrected chi connectivity index (χ4v) is 2.54. The monoisotopic (exact) mass is 339 g/mol. The largest absolute Gasteiger partial charge is 0.493 e. The summed E-state index contributed by atoms with van der Waals surface area (Å²) in [5, 5.41) is 4.74. The Balaban J connectivity index is 2.05. The van der Waals surface area contributed by atoms with Gasteiger partial charge in [-0.25, -0.2) is 0 Å². The molecule has 0 saturated carbocycles. The van der Waals surface area contributed by atoms with E-state index in [1.807, 2.05) is 37.3 Å². The van der Waals surface area contributed by atoms with Crippen LogP contribution in [0.4, 0.5) is 0 Å². The lowest BCUT2D eigenvalue weighted by Crippen LogP contribution is -2.13. The molecule has 118 valence electrons. The van der Waals surface area contributed by atoms with Crippen LogP contribution < -0.4 is 14.8 Å². The van der Waals surface area contributed by atoms with Crippen molar-refractivity contribution < 1.29 is 9.47 Å². The van der Waals surface area contributed by atoms with Crippen molar-refractivity contribution in [3.8, 4) is 11.5 Å². The molecule has 0 bridgehead atoms. The third-order valence-corrected chi connectivity index (χ3v) is 3.94. The van der Waals surface area contributed by atoms with Gasteiger partial charge in [0.05, 0.1) is 13.7 Å². The van der Waals surface area contributed by atoms with Gasteiger partial charge in [0, 0.05) is 29.2 Å². The van der Waals surface area contributed by atoms with Crippen molar-refractivity contribution >= 4 is 23.2 Å². The third kappa shape index (κ3) is 4.29. The maximum atomic E-state index is 6.31. The number of benzene rings is 2. The molecule has 2 aromatic rings. The van der Waals surface area contributed by atoms with Crippen LogP contribution >= 0.6 is 23.2 Å². The van der Waals surface area contributed by atoms with Gasteiger partial charge in [0.1, 0.15) is 0 Å². The van der Waals surface area contributed by atoms with Crippen molar-refractivity contribution in [1.82, 2.24) is 5.32 Å². The van der Waals surface area contributed by atoms with E-state index in [-0.39, 0.29) is 0 Å². The minimum Gasteiger partial charge on any atom is -0.493 e. The SMILES string of the molecule is CCOc1cc(Cl)c(CNCc2ccccc2Cl)cc1OC. The molecule has 0 heterocycles. The second-order valence-corrected chi connectivity index (χ2v) is 5.54. The molecule has 0 unspecified atom stereocenters. The van der Waals surface area contributed by atoms with Crippen LogP contribution in [0.15, 0.2) is 36.4 Å². The summed E-state index contributed by atoms with van der Waals surface area (Å²) in [5.41, 5.74) is 2.01. The number of nitrogens with one attached hydrogen (secondary N) is 1. The van der Waals surface area contributed by atoms with Crippen molar-refractivity contribution in [3.63, 3.8) is 0 Å². The Kier molecular flexibility index (Phi) is 6.37. The summed E-state index contributed by atoms with van der Waals surface area (Å²) in [6.07, 6.45) is 0. The highest BCUT2D eigenvalue weighted by atomic mass is 35.5. The standard InChI is InChI=1S/C17H19Cl2NO2/c1-3-22-17-9-15(19)13(8-16(17)21-2)11-20-10-12-6-4-5-7-14(12)18/h4-9,20H,3,10-11H2,1-2H3. The van der Waals surface area contributed by atoms with E-state index in [1.54, 1.807) is 13.2 Å². The van der Waals surface area contributed by atoms with Gasteiger partial charge in [-0.05, 0) is 30.2 Å². The Labute approximate surface area is 141 Å². The maximum absolute atomic E-state index is 6.31. The summed E-state index contributed by atoms with van der Waals surface area (Å²) in [5.74, 6) is 1.34. The predicted molar refractivity (Wildman–Crippen MR) is 91.2 cm³/mol. The molecule has 0 saturated heterocycles. The van der Waals surface area contributed by atoms with Gasteiger partial charge in [-0.3, -0.25) is 0 Å². The third-order valence-electron chi connectivity index (χ3n) is 3.22. The first-order valence-corrected chi connectivity index (χ1v) is 7.84. The summed E-state index contributed by atoms with van der Waals surface area (Å²) in [6.45, 7) is 3.78. The first kappa shape index (κ1) is 16.9. The molecule has 5 heteroatoms. The van der Waals surface area contributed by atoms with Crippen LogP contribution in [0.2, 0.25) is 10.0 Å². The summed E-state index contributed by atoms with van der Waals surface area (Å²) >= 11 is 12.4. The van der Waals surface area contributed by atoms with Crippen LogP contribution in [0, 0.1) is 0 Å². The normalized spacial score (nSPS) is 10.5. The van der Waals surface area contributed by atoms with Crippen molar-refractivity contribution in [2.45, 2.75) is 20.0 Å². The minimum absolute atomic E-state index is 0.566. The Morgan fingerprint density at radius 2 is 1.68 bits per heavy atom. The molecule has 22 heavy (non-hydrogen) atoms. The van der Waals surface area contributed by atoms with Crippen LogP contribution in [0.5, 0.6) is 11.5 Å². The Morgan fingerprint density at radius 1 is 0.955 bits per heavy atom. The smallest absolute Gasteiger partial charge is 0.162 e. The highest BCUT2D eigenvalue weighted by molar-refractivity contribution is 6.31. The number of rotatable bonds is 7.